The van der Waals surface area contributed by atoms with Crippen molar-refractivity contribution in [1.82, 2.24) is 4.90 Å². The van der Waals surface area contributed by atoms with Crippen molar-refractivity contribution in [1.29, 1.82) is 0 Å². The van der Waals surface area contributed by atoms with E-state index in [1.54, 1.807) is 26.4 Å². The van der Waals surface area contributed by atoms with Crippen LogP contribution in [0.15, 0.2) is 36.4 Å². The van der Waals surface area contributed by atoms with Gasteiger partial charge in [0.05, 0.1) is 25.9 Å². The Balaban J connectivity index is 0.000000568. The largest absolute Gasteiger partial charge is 0.465 e. The number of hydrogen-bond acceptors (Lipinski definition) is 6. The highest BCUT2D eigenvalue weighted by Crippen LogP contribution is 2.36. The van der Waals surface area contributed by atoms with Gasteiger partial charge in [-0.25, -0.2) is 4.79 Å². The number of nitrogens with zero attached hydrogens (tertiary/aromatic N) is 1. The van der Waals surface area contributed by atoms with Crippen LogP contribution in [0.4, 0.5) is 0 Å². The molecule has 2 aliphatic rings. The van der Waals surface area contributed by atoms with Crippen molar-refractivity contribution in [3.63, 3.8) is 0 Å². The van der Waals surface area contributed by atoms with Crippen LogP contribution in [0.3, 0.4) is 0 Å². The summed E-state index contributed by atoms with van der Waals surface area (Å²) in [5, 5.41) is 1.11. The summed E-state index contributed by atoms with van der Waals surface area (Å²) in [4.78, 5) is 26.6. The number of likely N-dealkylation sites (tertiary alicyclic amines) is 1. The van der Waals surface area contributed by atoms with Crippen LogP contribution in [-0.4, -0.2) is 77.1 Å². The molecule has 37 heavy (non-hydrogen) atoms. The highest BCUT2D eigenvalue weighted by molar-refractivity contribution is 6.36. The van der Waals surface area contributed by atoms with Crippen LogP contribution in [0.2, 0.25) is 10.0 Å². The molecule has 0 spiro atoms. The molecule has 7 nitrogen and oxygen atoms in total. The van der Waals surface area contributed by atoms with Crippen molar-refractivity contribution >= 4 is 35.1 Å². The van der Waals surface area contributed by atoms with Gasteiger partial charge in [0.15, 0.2) is 0 Å². The number of benzene rings is 2. The van der Waals surface area contributed by atoms with Gasteiger partial charge < -0.3 is 23.8 Å². The third-order valence-corrected chi connectivity index (χ3v) is 7.38. The van der Waals surface area contributed by atoms with Gasteiger partial charge in [-0.3, -0.25) is 4.79 Å². The van der Waals surface area contributed by atoms with Gasteiger partial charge >= 0.3 is 5.97 Å². The summed E-state index contributed by atoms with van der Waals surface area (Å²) < 4.78 is 19.5. The Morgan fingerprint density at radius 3 is 2.08 bits per heavy atom. The van der Waals surface area contributed by atoms with Gasteiger partial charge in [0.1, 0.15) is 0 Å². The summed E-state index contributed by atoms with van der Waals surface area (Å²) in [6, 6.07) is 11.1. The summed E-state index contributed by atoms with van der Waals surface area (Å²) in [5.74, 6) is -0.279. The number of rotatable bonds is 8. The van der Waals surface area contributed by atoms with Crippen LogP contribution in [0.5, 0.6) is 0 Å². The lowest BCUT2D eigenvalue weighted by Crippen LogP contribution is -2.41. The molecule has 0 saturated carbocycles. The number of carbonyl (C=O) groups is 2. The molecule has 2 saturated heterocycles. The molecule has 2 aliphatic heterocycles. The smallest absolute Gasteiger partial charge is 0.337 e. The molecular formula is C28H35Cl2NO6. The molecule has 2 aromatic carbocycles. The number of amides is 1. The van der Waals surface area contributed by atoms with E-state index in [1.807, 2.05) is 29.2 Å². The topological polar surface area (TPSA) is 74.3 Å². The van der Waals surface area contributed by atoms with Crippen LogP contribution in [0, 0.1) is 5.92 Å². The summed E-state index contributed by atoms with van der Waals surface area (Å²) in [5.41, 5.74) is 3.04. The Morgan fingerprint density at radius 2 is 1.54 bits per heavy atom. The van der Waals surface area contributed by atoms with E-state index in [1.165, 1.54) is 7.11 Å². The molecule has 0 aromatic heterocycles. The van der Waals surface area contributed by atoms with Crippen molar-refractivity contribution in [3.8, 4) is 11.1 Å². The fraction of sp³-hybridized carbons (Fsp3) is 0.500. The highest BCUT2D eigenvalue weighted by atomic mass is 35.5. The summed E-state index contributed by atoms with van der Waals surface area (Å²) in [7, 11) is 4.66. The fourth-order valence-corrected chi connectivity index (χ4v) is 5.25. The Hall–Kier alpha value is -2.16. The molecule has 0 bridgehead atoms. The first-order chi connectivity index (χ1) is 17.9. The Morgan fingerprint density at radius 1 is 0.946 bits per heavy atom. The van der Waals surface area contributed by atoms with Crippen LogP contribution in [0.1, 0.15) is 35.2 Å². The van der Waals surface area contributed by atoms with Gasteiger partial charge in [0.25, 0.3) is 0 Å². The van der Waals surface area contributed by atoms with Crippen molar-refractivity contribution in [3.05, 3.63) is 57.6 Å². The second kappa shape index (κ2) is 14.7. The van der Waals surface area contributed by atoms with E-state index >= 15 is 0 Å². The summed E-state index contributed by atoms with van der Waals surface area (Å²) in [6.45, 7) is 3.61. The van der Waals surface area contributed by atoms with Gasteiger partial charge in [-0.05, 0) is 66.6 Å². The first-order valence-corrected chi connectivity index (χ1v) is 13.2. The minimum absolute atomic E-state index is 0.0944. The van der Waals surface area contributed by atoms with Crippen molar-refractivity contribution in [2.75, 3.05) is 54.3 Å². The second-order valence-corrected chi connectivity index (χ2v) is 9.85. The fourth-order valence-electron chi connectivity index (χ4n) is 4.61. The maximum atomic E-state index is 13.0. The van der Waals surface area contributed by atoms with Crippen LogP contribution in [-0.2, 0) is 30.2 Å². The lowest BCUT2D eigenvalue weighted by atomic mass is 9.95. The predicted molar refractivity (Wildman–Crippen MR) is 144 cm³/mol. The molecule has 9 heteroatoms. The average Bonchev–Trinajstić information content (AvgIpc) is 3.29. The van der Waals surface area contributed by atoms with Crippen molar-refractivity contribution < 1.29 is 28.5 Å². The Kier molecular flexibility index (Phi) is 11.7. The second-order valence-electron chi connectivity index (χ2n) is 9.04. The van der Waals surface area contributed by atoms with E-state index in [0.29, 0.717) is 35.2 Å². The van der Waals surface area contributed by atoms with Gasteiger partial charge in [-0.15, -0.1) is 0 Å². The maximum Gasteiger partial charge on any atom is 0.337 e. The molecular weight excluding hydrogens is 517 g/mol. The SMILES string of the molecule is COC(=O)c1ccc(-c2cc(Cl)c(C[C@@H]3CCN(C4CCOCC4)C3=O)c(Cl)c2)cc1.COCCOC. The number of esters is 1. The van der Waals surface area contributed by atoms with E-state index in [0.717, 1.165) is 55.7 Å². The molecule has 0 N–H and O–H groups in total. The zero-order valence-corrected chi connectivity index (χ0v) is 23.1. The standard InChI is InChI=1S/C24H25Cl2NO4.C4H10O2/c1-30-24(29)16-4-2-15(3-5-16)18-13-21(25)20(22(26)14-18)12-17-6-9-27(23(17)28)19-7-10-31-11-8-19;1-5-3-4-6-2/h2-5,13-14,17,19H,6-12H2,1H3;3-4H2,1-2H3/t17-;/m0./s1. The van der Waals surface area contributed by atoms with E-state index in [2.05, 4.69) is 9.47 Å². The molecule has 0 aliphatic carbocycles. The van der Waals surface area contributed by atoms with Gasteiger partial charge in [0, 0.05) is 56.0 Å². The first-order valence-electron chi connectivity index (χ1n) is 12.4. The minimum Gasteiger partial charge on any atom is -0.465 e. The Bertz CT molecular complexity index is 1010. The number of carbonyl (C=O) groups excluding carboxylic acids is 2. The number of halogens is 2. The van der Waals surface area contributed by atoms with E-state index in [4.69, 9.17) is 32.7 Å². The van der Waals surface area contributed by atoms with E-state index in [-0.39, 0.29) is 23.8 Å². The lowest BCUT2D eigenvalue weighted by Gasteiger charge is -2.31. The molecule has 2 aromatic rings. The van der Waals surface area contributed by atoms with Gasteiger partial charge in [0.2, 0.25) is 5.91 Å². The van der Waals surface area contributed by atoms with Crippen LogP contribution >= 0.6 is 23.2 Å². The third kappa shape index (κ3) is 7.91. The van der Waals surface area contributed by atoms with Crippen molar-refractivity contribution in [2.45, 2.75) is 31.7 Å². The van der Waals surface area contributed by atoms with Gasteiger partial charge in [-0.1, -0.05) is 35.3 Å². The summed E-state index contributed by atoms with van der Waals surface area (Å²) >= 11 is 13.2. The zero-order chi connectivity index (χ0) is 26.8. The predicted octanol–water partition coefficient (Wildman–Crippen LogP) is 5.30. The van der Waals surface area contributed by atoms with Crippen LogP contribution in [0.25, 0.3) is 11.1 Å². The molecule has 0 unspecified atom stereocenters. The molecule has 2 fully saturated rings. The van der Waals surface area contributed by atoms with E-state index in [9.17, 15) is 9.59 Å². The third-order valence-electron chi connectivity index (χ3n) is 6.70. The monoisotopic (exact) mass is 551 g/mol. The lowest BCUT2D eigenvalue weighted by molar-refractivity contribution is -0.134. The number of ether oxygens (including phenoxy) is 4. The highest BCUT2D eigenvalue weighted by Gasteiger charge is 2.37. The maximum absolute atomic E-state index is 13.0. The first kappa shape index (κ1) is 29.4. The molecule has 0 radical (unpaired) electrons. The average molecular weight is 552 g/mol. The molecule has 4 rings (SSSR count). The Labute approximate surface area is 228 Å². The minimum atomic E-state index is -0.381. The van der Waals surface area contributed by atoms with Gasteiger partial charge in [-0.2, -0.15) is 0 Å². The van der Waals surface area contributed by atoms with Crippen LogP contribution < -0.4 is 0 Å². The normalized spacial score (nSPS) is 17.9. The quantitative estimate of drug-likeness (QED) is 0.327. The molecule has 1 amide bonds. The number of methoxy groups -OCH3 is 3. The van der Waals surface area contributed by atoms with E-state index < -0.39 is 0 Å². The van der Waals surface area contributed by atoms with Crippen molar-refractivity contribution in [2.24, 2.45) is 5.92 Å². The molecule has 1 atom stereocenters. The summed E-state index contributed by atoms with van der Waals surface area (Å²) in [6.07, 6.45) is 3.17. The molecule has 202 valence electrons. The molecule has 2 heterocycles. The number of hydrogen-bond donors (Lipinski definition) is 0. The zero-order valence-electron chi connectivity index (χ0n) is 21.6.